The average molecular weight is 2050 g/mol. The standard InChI is InChI=1S/C39H39I9N6O15.3Na.3H/c40-22-16(34(64)49-13(7-55)8-56)25(43)31(61)28(46)19(22)37(67)52-1-2-53(38(68)20-23(41)17(26(44)32(62)29(20)47)35(65)50-14(9-57)10-58)5-6-54(4-3-52)39(69)21-24(42)18(27(45)33(63)30(21)48)36(66)51-15(11-59)12-60;;;;;;/h13-15,55-63H,1-12H2,(H,49,64)(H,50,65)(H,51,66);;;;;;/q;3*+1;3*-1. The van der Waals surface area contributed by atoms with Gasteiger partial charge in [-0.15, -0.1) is 0 Å². The van der Waals surface area contributed by atoms with Crippen LogP contribution in [0.15, 0.2) is 0 Å². The summed E-state index contributed by atoms with van der Waals surface area (Å²) in [6, 6.07) is -3.20. The number of aliphatic hydroxyl groups excluding tert-OH is 6. The first-order valence-corrected chi connectivity index (χ1v) is 29.3. The van der Waals surface area contributed by atoms with Gasteiger partial charge in [0.05, 0.1) is 113 Å². The molecule has 1 aliphatic rings. The van der Waals surface area contributed by atoms with Gasteiger partial charge in [0, 0.05) is 50.0 Å². The van der Waals surface area contributed by atoms with Gasteiger partial charge in [0.1, 0.15) is 17.2 Å². The average Bonchev–Trinajstić information content (AvgIpc) is 3.43. The van der Waals surface area contributed by atoms with Crippen LogP contribution in [-0.4, -0.2) is 193 Å². The van der Waals surface area contributed by atoms with E-state index in [-0.39, 0.29) is 198 Å². The number of aliphatic hydroxyl groups is 6. The molecule has 0 aliphatic carbocycles. The number of carbonyl (C=O) groups is 6. The van der Waals surface area contributed by atoms with Gasteiger partial charge < -0.3 is 80.9 Å². The first kappa shape index (κ1) is 73.2. The monoisotopic (exact) mass is 2050 g/mol. The van der Waals surface area contributed by atoms with E-state index in [0.717, 1.165) is 0 Å². The SMILES string of the molecule is O=C(NC(CO)CO)c1c(I)c(O)c(I)c(C(=O)N2CCN(C(=O)c3c(I)c(O)c(I)c(C(=O)NC(CO)CO)c3I)CCN(C(=O)c3c(I)c(O)c(I)c(C(=O)NC(CO)CO)c3I)CC2)c1I.[H-].[H-].[H-].[Na+].[Na+].[Na+]. The van der Waals surface area contributed by atoms with Crippen LogP contribution in [0.1, 0.15) is 66.4 Å². The number of hydrogen-bond donors (Lipinski definition) is 12. The number of carbonyl (C=O) groups excluding carboxylic acids is 6. The van der Waals surface area contributed by atoms with Crippen LogP contribution in [-0.2, 0) is 0 Å². The van der Waals surface area contributed by atoms with Crippen LogP contribution in [0.25, 0.3) is 0 Å². The van der Waals surface area contributed by atoms with Crippen molar-refractivity contribution < 1.29 is 168 Å². The van der Waals surface area contributed by atoms with Crippen LogP contribution in [0.4, 0.5) is 0 Å². The third kappa shape index (κ3) is 16.9. The van der Waals surface area contributed by atoms with E-state index < -0.39 is 110 Å². The Kier molecular flexibility index (Phi) is 34.5. The van der Waals surface area contributed by atoms with Crippen molar-refractivity contribution in [3.63, 3.8) is 0 Å². The molecule has 0 saturated carbocycles. The Labute approximate surface area is 605 Å². The van der Waals surface area contributed by atoms with Crippen LogP contribution in [0, 0.1) is 32.1 Å². The Morgan fingerprint density at radius 2 is 0.528 bits per heavy atom. The summed E-state index contributed by atoms with van der Waals surface area (Å²) in [5.41, 5.74) is -0.716. The molecule has 3 aromatic rings. The van der Waals surface area contributed by atoms with Crippen molar-refractivity contribution in [3.05, 3.63) is 65.5 Å². The Bertz CT molecular complexity index is 2290. The van der Waals surface area contributed by atoms with Gasteiger partial charge in [-0.05, 0) is 203 Å². The van der Waals surface area contributed by atoms with Crippen molar-refractivity contribution in [2.45, 2.75) is 18.1 Å². The van der Waals surface area contributed by atoms with E-state index in [2.05, 4.69) is 16.0 Å². The molecule has 0 unspecified atom stereocenters. The smallest absolute Gasteiger partial charge is 1.00 e. The van der Waals surface area contributed by atoms with Crippen LogP contribution in [0.3, 0.4) is 0 Å². The number of amides is 6. The van der Waals surface area contributed by atoms with Crippen molar-refractivity contribution in [1.29, 1.82) is 0 Å². The minimum atomic E-state index is -1.07. The predicted molar refractivity (Wildman–Crippen MR) is 326 cm³/mol. The van der Waals surface area contributed by atoms with E-state index in [9.17, 15) is 74.7 Å². The fraction of sp³-hybridized carbons (Fsp3) is 0.385. The van der Waals surface area contributed by atoms with Gasteiger partial charge in [-0.25, -0.2) is 0 Å². The molecule has 0 spiro atoms. The van der Waals surface area contributed by atoms with Crippen molar-refractivity contribution in [1.82, 2.24) is 30.7 Å². The summed E-state index contributed by atoms with van der Waals surface area (Å²) < 4.78 is 0.703. The molecule has 1 saturated heterocycles. The van der Waals surface area contributed by atoms with Gasteiger partial charge in [-0.1, -0.05) is 0 Å². The fourth-order valence-corrected chi connectivity index (χ4v) is 18.8. The molecule has 0 atom stereocenters. The number of nitrogens with zero attached hydrogens (tertiary/aromatic N) is 3. The summed E-state index contributed by atoms with van der Waals surface area (Å²) in [7, 11) is 0. The molecule has 3 aromatic carbocycles. The molecule has 1 heterocycles. The van der Waals surface area contributed by atoms with Crippen molar-refractivity contribution in [3.8, 4) is 17.2 Å². The molecule has 33 heteroatoms. The van der Waals surface area contributed by atoms with Crippen molar-refractivity contribution in [2.75, 3.05) is 78.9 Å². The van der Waals surface area contributed by atoms with E-state index in [4.69, 9.17) is 0 Å². The number of rotatable bonds is 15. The number of benzene rings is 3. The van der Waals surface area contributed by atoms with Gasteiger partial charge in [0.25, 0.3) is 35.4 Å². The Balaban J connectivity index is -0.00000864. The molecular weight excluding hydrogens is 2000 g/mol. The minimum absolute atomic E-state index is 0. The summed E-state index contributed by atoms with van der Waals surface area (Å²) in [6.45, 7) is -4.94. The van der Waals surface area contributed by atoms with Crippen LogP contribution in [0.2, 0.25) is 0 Å². The van der Waals surface area contributed by atoms with Gasteiger partial charge in [-0.3, -0.25) is 28.8 Å². The molecule has 0 radical (unpaired) electrons. The van der Waals surface area contributed by atoms with Gasteiger partial charge >= 0.3 is 88.7 Å². The maximum absolute atomic E-state index is 14.9. The van der Waals surface area contributed by atoms with Crippen LogP contribution < -0.4 is 105 Å². The molecule has 1 fully saturated rings. The third-order valence-corrected chi connectivity index (χ3v) is 19.9. The molecule has 1 aliphatic heterocycles. The number of aromatic hydroxyl groups is 3. The Hall–Kier alpha value is 3.21. The summed E-state index contributed by atoms with van der Waals surface area (Å²) in [6.07, 6.45) is 0. The third-order valence-electron chi connectivity index (χ3n) is 10.3. The van der Waals surface area contributed by atoms with E-state index >= 15 is 0 Å². The van der Waals surface area contributed by atoms with Gasteiger partial charge in [0.2, 0.25) is 0 Å². The summed E-state index contributed by atoms with van der Waals surface area (Å²) in [4.78, 5) is 89.4. The Morgan fingerprint density at radius 1 is 0.361 bits per heavy atom. The van der Waals surface area contributed by atoms with E-state index in [1.807, 2.05) is 0 Å². The van der Waals surface area contributed by atoms with Crippen LogP contribution in [0.5, 0.6) is 17.2 Å². The van der Waals surface area contributed by atoms with Gasteiger partial charge in [0.15, 0.2) is 0 Å². The first-order chi connectivity index (χ1) is 32.5. The Morgan fingerprint density at radius 3 is 0.694 bits per heavy atom. The molecule has 4 rings (SSSR count). The second kappa shape index (κ2) is 34.0. The molecule has 384 valence electrons. The number of nitrogens with one attached hydrogen (secondary N) is 3. The topological polar surface area (TPSA) is 330 Å². The van der Waals surface area contributed by atoms with Gasteiger partial charge in [-0.2, -0.15) is 0 Å². The van der Waals surface area contributed by atoms with Crippen molar-refractivity contribution >= 4 is 239 Å². The quantitative estimate of drug-likeness (QED) is 0.0498. The van der Waals surface area contributed by atoms with Crippen LogP contribution >= 0.6 is 203 Å². The zero-order chi connectivity index (χ0) is 51.9. The first-order valence-electron chi connectivity index (χ1n) is 19.6. The molecule has 0 bridgehead atoms. The molecular formula is C39H42I9N6Na3O15. The van der Waals surface area contributed by atoms with E-state index in [1.165, 1.54) is 14.7 Å². The summed E-state index contributed by atoms with van der Waals surface area (Å²) in [5, 5.41) is 99.3. The van der Waals surface area contributed by atoms with E-state index in [1.54, 1.807) is 203 Å². The summed E-state index contributed by atoms with van der Waals surface area (Å²) in [5.74, 6) is -5.86. The fourth-order valence-electron chi connectivity index (χ4n) is 6.48. The normalized spacial score (nSPS) is 12.8. The molecule has 21 nitrogen and oxygen atoms in total. The predicted octanol–water partition coefficient (Wildman–Crippen LogP) is -6.42. The largest absolute Gasteiger partial charge is 1.00 e. The van der Waals surface area contributed by atoms with E-state index in [0.29, 0.717) is 0 Å². The number of phenolic OH excluding ortho intramolecular Hbond substituents is 3. The summed E-state index contributed by atoms with van der Waals surface area (Å²) >= 11 is 15.9. The second-order valence-corrected chi connectivity index (χ2v) is 24.3. The number of hydrogen-bond acceptors (Lipinski definition) is 15. The minimum Gasteiger partial charge on any atom is -1.00 e. The zero-order valence-corrected chi connectivity index (χ0v) is 63.4. The zero-order valence-electron chi connectivity index (χ0n) is 40.9. The second-order valence-electron chi connectivity index (χ2n) is 14.6. The molecule has 72 heavy (non-hydrogen) atoms. The molecule has 6 amide bonds. The molecule has 12 N–H and O–H groups in total. The molecule has 0 aromatic heterocycles. The maximum atomic E-state index is 14.9. The number of phenols is 3. The van der Waals surface area contributed by atoms with Crippen molar-refractivity contribution in [2.24, 2.45) is 0 Å². The maximum Gasteiger partial charge on any atom is 1.00 e. The number of halogens is 9.